The minimum Gasteiger partial charge on any atom is -0.389 e. The third-order valence-electron chi connectivity index (χ3n) is 7.98. The van der Waals surface area contributed by atoms with Crippen LogP contribution in [0.3, 0.4) is 0 Å². The van der Waals surface area contributed by atoms with Crippen LogP contribution in [-0.2, 0) is 23.9 Å². The molecule has 0 bridgehead atoms. The molecule has 11 atom stereocenters. The first-order valence-corrected chi connectivity index (χ1v) is 15.6. The molecule has 0 aromatic carbocycles. The van der Waals surface area contributed by atoms with Crippen molar-refractivity contribution >= 4 is 29.5 Å². The lowest BCUT2D eigenvalue weighted by Crippen LogP contribution is -2.67. The molecule has 0 spiro atoms. The van der Waals surface area contributed by atoms with E-state index in [1.807, 2.05) is 6.92 Å². The number of nitrogens with two attached hydrogens (primary N) is 3. The van der Waals surface area contributed by atoms with E-state index in [-0.39, 0.29) is 43.5 Å². The molecule has 1 heterocycles. The fraction of sp³-hybridized carbons (Fsp3) is 0.885. The molecule has 1 aliphatic heterocycles. The van der Waals surface area contributed by atoms with Gasteiger partial charge in [-0.1, -0.05) is 20.8 Å². The summed E-state index contributed by atoms with van der Waals surface area (Å²) in [5.41, 5.74) is 17.2. The molecule has 1 saturated carbocycles. The number of carbonyl (C=O) groups excluding carboxylic acids is 3. The highest BCUT2D eigenvalue weighted by atomic mass is 32.2. The van der Waals surface area contributed by atoms with Gasteiger partial charge in [-0.2, -0.15) is 11.8 Å². The Morgan fingerprint density at radius 2 is 1.63 bits per heavy atom. The number of carbonyl (C=O) groups is 3. The average molecular weight is 639 g/mol. The summed E-state index contributed by atoms with van der Waals surface area (Å²) in [5, 5.41) is 59.2. The highest BCUT2D eigenvalue weighted by Crippen LogP contribution is 2.27. The monoisotopic (exact) mass is 638 g/mol. The quantitative estimate of drug-likeness (QED) is 0.0751. The second kappa shape index (κ2) is 17.2. The van der Waals surface area contributed by atoms with Gasteiger partial charge < -0.3 is 68.2 Å². The van der Waals surface area contributed by atoms with Gasteiger partial charge in [0, 0.05) is 43.9 Å². The zero-order valence-electron chi connectivity index (χ0n) is 24.9. The zero-order chi connectivity index (χ0) is 32.5. The molecule has 0 radical (unpaired) electrons. The Labute approximate surface area is 255 Å². The summed E-state index contributed by atoms with van der Waals surface area (Å²) in [4.78, 5) is 36.3. The van der Waals surface area contributed by atoms with Crippen LogP contribution in [0.25, 0.3) is 0 Å². The number of ether oxygens (including phenoxy) is 2. The summed E-state index contributed by atoms with van der Waals surface area (Å²) < 4.78 is 11.4. The van der Waals surface area contributed by atoms with Crippen LogP contribution in [0.1, 0.15) is 40.0 Å². The molecule has 1 aliphatic carbocycles. The van der Waals surface area contributed by atoms with Crippen LogP contribution in [-0.4, -0.2) is 142 Å². The van der Waals surface area contributed by atoms with E-state index in [1.54, 1.807) is 13.8 Å². The standard InChI is InChI=1S/C26H50N6O10S/c1-4-26(2,3)23(39)24(40)31-6-5-15(33)30-7-8-43-11-16(34)32-10-14-19(36)20(37)17(29)25(41-14)42-22-13(28)9-12(27)18(35)21(22)38/h12-14,17-23,25,35-39H,4-11,27-29H2,1-3H3,(H,30,33)(H,31,40)(H,32,34)/t12-,13+,14-,17-,18+,19-,20-,21-,22-,23+,25-/m1/s1. The predicted molar refractivity (Wildman–Crippen MR) is 157 cm³/mol. The number of nitrogens with one attached hydrogen (secondary N) is 3. The Morgan fingerprint density at radius 3 is 2.28 bits per heavy atom. The van der Waals surface area contributed by atoms with Crippen LogP contribution in [0.5, 0.6) is 0 Å². The summed E-state index contributed by atoms with van der Waals surface area (Å²) in [5.74, 6) is -0.716. The van der Waals surface area contributed by atoms with Crippen molar-refractivity contribution in [1.82, 2.24) is 16.0 Å². The van der Waals surface area contributed by atoms with Gasteiger partial charge in [-0.05, 0) is 18.3 Å². The summed E-state index contributed by atoms with van der Waals surface area (Å²) in [7, 11) is 0. The molecule has 1 saturated heterocycles. The second-order valence-electron chi connectivity index (χ2n) is 11.7. The highest BCUT2D eigenvalue weighted by Gasteiger charge is 2.48. The minimum absolute atomic E-state index is 0.0415. The van der Waals surface area contributed by atoms with Crippen LogP contribution in [0.2, 0.25) is 0 Å². The van der Waals surface area contributed by atoms with Crippen LogP contribution in [0.4, 0.5) is 0 Å². The third-order valence-corrected chi connectivity index (χ3v) is 8.94. The van der Waals surface area contributed by atoms with Gasteiger partial charge in [0.2, 0.25) is 17.7 Å². The van der Waals surface area contributed by atoms with Gasteiger partial charge in [-0.3, -0.25) is 14.4 Å². The van der Waals surface area contributed by atoms with Crippen LogP contribution in [0.15, 0.2) is 0 Å². The third kappa shape index (κ3) is 10.7. The molecule has 3 amide bonds. The van der Waals surface area contributed by atoms with E-state index in [4.69, 9.17) is 26.7 Å². The molecule has 14 N–H and O–H groups in total. The fourth-order valence-corrected chi connectivity index (χ4v) is 5.27. The molecular weight excluding hydrogens is 588 g/mol. The Bertz CT molecular complexity index is 920. The van der Waals surface area contributed by atoms with Gasteiger partial charge in [0.15, 0.2) is 6.29 Å². The second-order valence-corrected chi connectivity index (χ2v) is 12.8. The van der Waals surface area contributed by atoms with E-state index < -0.39 is 78.5 Å². The van der Waals surface area contributed by atoms with E-state index in [2.05, 4.69) is 16.0 Å². The van der Waals surface area contributed by atoms with E-state index in [9.17, 15) is 39.9 Å². The molecule has 0 unspecified atom stereocenters. The normalized spacial score (nSPS) is 33.8. The smallest absolute Gasteiger partial charge is 0.249 e. The van der Waals surface area contributed by atoms with Crippen LogP contribution >= 0.6 is 11.8 Å². The van der Waals surface area contributed by atoms with E-state index >= 15 is 0 Å². The summed E-state index contributed by atoms with van der Waals surface area (Å²) in [6, 6.07) is -2.68. The van der Waals surface area contributed by atoms with Crippen molar-refractivity contribution < 1.29 is 49.4 Å². The first kappa shape index (κ1) is 37.5. The molecule has 2 rings (SSSR count). The molecular formula is C26H50N6O10S. The van der Waals surface area contributed by atoms with Crippen molar-refractivity contribution in [3.63, 3.8) is 0 Å². The van der Waals surface area contributed by atoms with E-state index in [0.29, 0.717) is 18.7 Å². The summed E-state index contributed by atoms with van der Waals surface area (Å²) >= 11 is 1.25. The maximum absolute atomic E-state index is 12.3. The lowest BCUT2D eigenvalue weighted by atomic mass is 9.83. The van der Waals surface area contributed by atoms with Crippen LogP contribution < -0.4 is 33.2 Å². The number of thioether (sulfide) groups is 1. The fourth-order valence-electron chi connectivity index (χ4n) is 4.59. The van der Waals surface area contributed by atoms with Gasteiger partial charge in [-0.15, -0.1) is 0 Å². The summed E-state index contributed by atoms with van der Waals surface area (Å²) in [6.07, 6.45) is -9.44. The minimum atomic E-state index is -1.47. The van der Waals surface area contributed by atoms with Gasteiger partial charge in [0.25, 0.3) is 0 Å². The lowest BCUT2D eigenvalue weighted by molar-refractivity contribution is -0.288. The Balaban J connectivity index is 1.68. The molecule has 16 nitrogen and oxygen atoms in total. The SMILES string of the molecule is CCC(C)(C)[C@@H](O)C(=O)NCCC(=O)NCCSCC(=O)NC[C@H]1O[C@H](O[C@H]2[C@H](O)[C@@H](O)[C@H](N)C[C@@H]2N)[C@H](N)[C@@H](O)[C@@H]1O. The molecule has 2 fully saturated rings. The number of aliphatic hydroxyl groups excluding tert-OH is 5. The van der Waals surface area contributed by atoms with E-state index in [0.717, 1.165) is 0 Å². The van der Waals surface area contributed by atoms with Crippen LogP contribution in [0, 0.1) is 5.41 Å². The van der Waals surface area contributed by atoms with Crippen molar-refractivity contribution in [2.45, 2.75) is 107 Å². The number of rotatable bonds is 15. The highest BCUT2D eigenvalue weighted by molar-refractivity contribution is 7.99. The molecule has 0 aromatic heterocycles. The maximum atomic E-state index is 12.3. The largest absolute Gasteiger partial charge is 0.389 e. The molecule has 0 aromatic rings. The van der Waals surface area contributed by atoms with Crippen molar-refractivity contribution in [2.75, 3.05) is 31.1 Å². The van der Waals surface area contributed by atoms with E-state index in [1.165, 1.54) is 11.8 Å². The maximum Gasteiger partial charge on any atom is 0.249 e. The number of hydrogen-bond acceptors (Lipinski definition) is 14. The molecule has 250 valence electrons. The molecule has 43 heavy (non-hydrogen) atoms. The van der Waals surface area contributed by atoms with Gasteiger partial charge >= 0.3 is 0 Å². The first-order chi connectivity index (χ1) is 20.1. The average Bonchev–Trinajstić information content (AvgIpc) is 2.96. The number of hydrogen-bond donors (Lipinski definition) is 11. The molecule has 17 heteroatoms. The number of aliphatic hydroxyl groups is 5. The topological polar surface area (TPSA) is 285 Å². The Kier molecular flexibility index (Phi) is 15.0. The van der Waals surface area contributed by atoms with Crippen molar-refractivity contribution in [3.8, 4) is 0 Å². The molecule has 2 aliphatic rings. The Hall–Kier alpha value is -1.64. The summed E-state index contributed by atoms with van der Waals surface area (Å²) in [6.45, 7) is 5.64. The van der Waals surface area contributed by atoms with Gasteiger partial charge in [0.1, 0.15) is 36.6 Å². The predicted octanol–water partition coefficient (Wildman–Crippen LogP) is -4.81. The lowest BCUT2D eigenvalue weighted by Gasteiger charge is -2.45. The zero-order valence-corrected chi connectivity index (χ0v) is 25.7. The van der Waals surface area contributed by atoms with Crippen molar-refractivity contribution in [3.05, 3.63) is 0 Å². The van der Waals surface area contributed by atoms with Gasteiger partial charge in [0.05, 0.1) is 17.9 Å². The Morgan fingerprint density at radius 1 is 0.953 bits per heavy atom. The number of amides is 3. The van der Waals surface area contributed by atoms with Gasteiger partial charge in [-0.25, -0.2) is 0 Å². The van der Waals surface area contributed by atoms with Crippen molar-refractivity contribution in [2.24, 2.45) is 22.6 Å². The van der Waals surface area contributed by atoms with Crippen molar-refractivity contribution in [1.29, 1.82) is 0 Å². The first-order valence-electron chi connectivity index (χ1n) is 14.5.